The van der Waals surface area contributed by atoms with E-state index >= 15 is 0 Å². The number of aliphatic hydroxyl groups excluding tert-OH is 1. The Morgan fingerprint density at radius 1 is 1.26 bits per heavy atom. The number of thiazole rings is 1. The van der Waals surface area contributed by atoms with Gasteiger partial charge in [0.25, 0.3) is 0 Å². The van der Waals surface area contributed by atoms with Crippen LogP contribution in [0.1, 0.15) is 38.8 Å². The van der Waals surface area contributed by atoms with Crippen molar-refractivity contribution in [3.8, 4) is 0 Å². The van der Waals surface area contributed by atoms with Crippen molar-refractivity contribution in [1.29, 1.82) is 0 Å². The van der Waals surface area contributed by atoms with Crippen molar-refractivity contribution in [2.45, 2.75) is 88.1 Å². The molecule has 1 aliphatic carbocycles. The van der Waals surface area contributed by atoms with Gasteiger partial charge in [0.2, 0.25) is 18.0 Å². The van der Waals surface area contributed by atoms with E-state index in [2.05, 4.69) is 20.9 Å². The highest BCUT2D eigenvalue weighted by Gasteiger charge is 2.61. The Morgan fingerprint density at radius 3 is 2.69 bits per heavy atom. The molecule has 0 spiro atoms. The molecule has 1 amide bonds. The molecule has 2 saturated heterocycles. The van der Waals surface area contributed by atoms with Gasteiger partial charge < -0.3 is 45.9 Å². The van der Waals surface area contributed by atoms with Crippen LogP contribution in [0.15, 0.2) is 29.6 Å². The minimum Gasteiger partial charge on any atom is -0.412 e. The monoisotopic (exact) mass is 568 g/mol. The zero-order valence-electron chi connectivity index (χ0n) is 22.1. The molecule has 1 aromatic carbocycles. The lowest BCUT2D eigenvalue weighted by Gasteiger charge is -2.57. The summed E-state index contributed by atoms with van der Waals surface area (Å²) >= 11 is 1.33. The molecule has 3 heterocycles. The van der Waals surface area contributed by atoms with E-state index in [1.807, 2.05) is 13.8 Å². The number of nitrogens with one attached hydrogen (secondary N) is 3. The first kappa shape index (κ1) is 29.7. The molecule has 0 bridgehead atoms. The number of likely N-dealkylation sites (N-methyl/N-ethyl adjacent to an activating group) is 1. The number of rotatable bonds is 7. The van der Waals surface area contributed by atoms with Crippen molar-refractivity contribution in [1.82, 2.24) is 15.6 Å². The van der Waals surface area contributed by atoms with Crippen LogP contribution in [0.5, 0.6) is 0 Å². The molecule has 5 rings (SSSR count). The maximum atomic E-state index is 13.1. The van der Waals surface area contributed by atoms with Gasteiger partial charge in [0, 0.05) is 11.1 Å². The number of ether oxygens (including phenoxy) is 3. The highest BCUT2D eigenvalue weighted by molar-refractivity contribution is 7.13. The molecule has 3 unspecified atom stereocenters. The number of fused-ring (bicyclic) bond motifs is 2. The fourth-order valence-electron chi connectivity index (χ4n) is 5.66. The van der Waals surface area contributed by atoms with Crippen molar-refractivity contribution in [3.05, 3.63) is 41.2 Å². The fraction of sp³-hybridized carbons (Fsp3) is 0.615. The third-order valence-corrected chi connectivity index (χ3v) is 8.48. The normalized spacial score (nSPS) is 35.7. The van der Waals surface area contributed by atoms with Crippen LogP contribution in [0.4, 0.5) is 15.2 Å². The molecular formula is C26H37FN4O7S. The highest BCUT2D eigenvalue weighted by Crippen LogP contribution is 2.43. The quantitative estimate of drug-likeness (QED) is 0.330. The van der Waals surface area contributed by atoms with Gasteiger partial charge in [0.15, 0.2) is 5.13 Å². The van der Waals surface area contributed by atoms with Crippen molar-refractivity contribution < 1.29 is 39.1 Å². The van der Waals surface area contributed by atoms with E-state index in [4.69, 9.17) is 14.2 Å². The molecule has 11 nitrogen and oxygen atoms in total. The minimum absolute atomic E-state index is 0. The van der Waals surface area contributed by atoms with Crippen LogP contribution in [-0.4, -0.2) is 82.2 Å². The van der Waals surface area contributed by atoms with Gasteiger partial charge in [-0.15, -0.1) is 11.3 Å². The van der Waals surface area contributed by atoms with E-state index in [9.17, 15) is 19.4 Å². The smallest absolute Gasteiger partial charge is 0.239 e. The number of carbonyl (C=O) groups is 1. The summed E-state index contributed by atoms with van der Waals surface area (Å²) in [5.74, 6) is -2.55. The van der Waals surface area contributed by atoms with Crippen LogP contribution in [0.2, 0.25) is 0 Å². The number of hydrogen-bond donors (Lipinski definition) is 5. The fourth-order valence-corrected chi connectivity index (χ4v) is 6.39. The van der Waals surface area contributed by atoms with Gasteiger partial charge in [-0.3, -0.25) is 4.79 Å². The van der Waals surface area contributed by atoms with E-state index in [1.165, 1.54) is 23.5 Å². The van der Waals surface area contributed by atoms with Gasteiger partial charge in [-0.1, -0.05) is 13.3 Å². The predicted molar refractivity (Wildman–Crippen MR) is 142 cm³/mol. The molecule has 1 saturated carbocycles. The average Bonchev–Trinajstić information content (AvgIpc) is 3.31. The number of hydrogen-bond acceptors (Lipinski definition) is 10. The van der Waals surface area contributed by atoms with Gasteiger partial charge in [-0.05, 0) is 57.0 Å². The lowest BCUT2D eigenvalue weighted by atomic mass is 9.77. The van der Waals surface area contributed by atoms with Crippen LogP contribution in [-0.2, 0) is 25.4 Å². The molecule has 0 radical (unpaired) electrons. The lowest BCUT2D eigenvalue weighted by Crippen LogP contribution is -2.75. The summed E-state index contributed by atoms with van der Waals surface area (Å²) in [4.78, 5) is 17.5. The number of benzene rings is 1. The number of carbonyl (C=O) groups excluding carboxylic acids is 1. The van der Waals surface area contributed by atoms with Gasteiger partial charge in [-0.25, -0.2) is 9.37 Å². The van der Waals surface area contributed by atoms with E-state index in [-0.39, 0.29) is 41.7 Å². The summed E-state index contributed by atoms with van der Waals surface area (Å²) < 4.78 is 31.6. The first-order valence-corrected chi connectivity index (χ1v) is 13.9. The molecular weight excluding hydrogens is 531 g/mol. The SMILES string of the molecule is CC[C@H]1CC2OC3O[C@H](C)C[C@@H](NC(=O)Cc4csc(Nc5ccc(F)cc5)n4)[C@]3(O)OC2[C@@H](NC)[C@H]1O.O. The standard InChI is InChI=1S/C26H35FN4O6S.H2O/c1-4-14-10-18-23(21(28-3)22(14)33)37-26(34)19(9-13(2)35-24(26)36-18)31-20(32)11-17-12-38-25(30-17)29-16-7-5-15(27)6-8-16;/h5-8,12-14,18-19,21-24,28,33-34H,4,9-11H2,1-3H3,(H,29,30)(H,31,32);1H2/t13-,14+,18?,19-,21+,22+,23?,24?,26+;/m1./s1. The molecule has 3 aliphatic rings. The van der Waals surface area contributed by atoms with Crippen LogP contribution < -0.4 is 16.0 Å². The second-order valence-electron chi connectivity index (χ2n) is 10.3. The molecule has 7 N–H and O–H groups in total. The molecule has 3 fully saturated rings. The molecule has 13 heteroatoms. The third-order valence-electron chi connectivity index (χ3n) is 7.67. The van der Waals surface area contributed by atoms with Crippen LogP contribution in [0, 0.1) is 11.7 Å². The van der Waals surface area contributed by atoms with E-state index in [0.717, 1.165) is 6.42 Å². The van der Waals surface area contributed by atoms with Crippen LogP contribution in [0.25, 0.3) is 0 Å². The van der Waals surface area contributed by atoms with Crippen LogP contribution >= 0.6 is 11.3 Å². The average molecular weight is 569 g/mol. The lowest BCUT2D eigenvalue weighted by molar-refractivity contribution is -0.443. The second kappa shape index (κ2) is 12.1. The predicted octanol–water partition coefficient (Wildman–Crippen LogP) is 1.21. The Morgan fingerprint density at radius 2 is 2.00 bits per heavy atom. The van der Waals surface area contributed by atoms with E-state index in [0.29, 0.717) is 29.4 Å². The van der Waals surface area contributed by atoms with E-state index in [1.54, 1.807) is 24.6 Å². The number of aliphatic hydroxyl groups is 2. The maximum absolute atomic E-state index is 13.1. The Balaban J connectivity index is 0.00000353. The second-order valence-corrected chi connectivity index (χ2v) is 11.2. The summed E-state index contributed by atoms with van der Waals surface area (Å²) in [6.45, 7) is 3.88. The van der Waals surface area contributed by atoms with Gasteiger partial charge in [0.05, 0.1) is 42.5 Å². The Kier molecular flexibility index (Phi) is 9.23. The number of halogens is 1. The number of anilines is 2. The molecule has 2 aromatic rings. The van der Waals surface area contributed by atoms with Gasteiger partial charge in [-0.2, -0.15) is 0 Å². The zero-order valence-corrected chi connectivity index (χ0v) is 22.9. The Hall–Kier alpha value is -2.23. The molecule has 9 atom stereocenters. The Labute approximate surface area is 230 Å². The summed E-state index contributed by atoms with van der Waals surface area (Å²) in [6.07, 6.45) is -1.32. The highest BCUT2D eigenvalue weighted by atomic mass is 32.1. The summed E-state index contributed by atoms with van der Waals surface area (Å²) in [6, 6.07) is 4.68. The zero-order chi connectivity index (χ0) is 27.0. The number of amides is 1. The Bertz CT molecular complexity index is 1120. The van der Waals surface area contributed by atoms with Crippen LogP contribution in [0.3, 0.4) is 0 Å². The summed E-state index contributed by atoms with van der Waals surface area (Å²) in [7, 11) is 1.74. The first-order valence-electron chi connectivity index (χ1n) is 13.0. The third kappa shape index (κ3) is 6.10. The van der Waals surface area contributed by atoms with Crippen molar-refractivity contribution in [2.24, 2.45) is 5.92 Å². The molecule has 216 valence electrons. The minimum atomic E-state index is -1.92. The molecule has 1 aromatic heterocycles. The topological polar surface area (TPSA) is 166 Å². The van der Waals surface area contributed by atoms with Crippen molar-refractivity contribution in [3.63, 3.8) is 0 Å². The number of aromatic nitrogens is 1. The number of nitrogens with zero attached hydrogens (tertiary/aromatic N) is 1. The van der Waals surface area contributed by atoms with Gasteiger partial charge >= 0.3 is 0 Å². The molecule has 2 aliphatic heterocycles. The molecule has 39 heavy (non-hydrogen) atoms. The first-order chi connectivity index (χ1) is 18.2. The van der Waals surface area contributed by atoms with Crippen molar-refractivity contribution in [2.75, 3.05) is 12.4 Å². The largest absolute Gasteiger partial charge is 0.412 e. The van der Waals surface area contributed by atoms with Crippen molar-refractivity contribution >= 4 is 28.1 Å². The van der Waals surface area contributed by atoms with E-state index < -0.39 is 36.4 Å². The summed E-state index contributed by atoms with van der Waals surface area (Å²) in [5.41, 5.74) is 1.24. The summed E-state index contributed by atoms with van der Waals surface area (Å²) in [5, 5.41) is 34.0. The van der Waals surface area contributed by atoms with Gasteiger partial charge in [0.1, 0.15) is 11.9 Å². The maximum Gasteiger partial charge on any atom is 0.239 e.